The third-order valence-electron chi connectivity index (χ3n) is 4.49. The van der Waals surface area contributed by atoms with E-state index in [2.05, 4.69) is 21.1 Å². The first-order chi connectivity index (χ1) is 13.8. The van der Waals surface area contributed by atoms with Crippen molar-refractivity contribution in [2.75, 3.05) is 25.5 Å². The Morgan fingerprint density at radius 3 is 2.48 bits per heavy atom. The molecule has 0 bridgehead atoms. The number of benzene rings is 2. The molecule has 0 spiro atoms. The van der Waals surface area contributed by atoms with Crippen molar-refractivity contribution in [3.05, 3.63) is 59.2 Å². The van der Waals surface area contributed by atoms with Crippen molar-refractivity contribution >= 4 is 26.7 Å². The van der Waals surface area contributed by atoms with Gasteiger partial charge in [-0.1, -0.05) is 6.07 Å². The number of rotatable bonds is 7. The molecule has 3 rings (SSSR count). The number of anilines is 1. The Balaban J connectivity index is 1.69. The van der Waals surface area contributed by atoms with Gasteiger partial charge in [0.2, 0.25) is 10.0 Å². The van der Waals surface area contributed by atoms with Crippen LogP contribution >= 0.6 is 0 Å². The van der Waals surface area contributed by atoms with Gasteiger partial charge in [0, 0.05) is 18.5 Å². The van der Waals surface area contributed by atoms with Crippen molar-refractivity contribution in [3.63, 3.8) is 0 Å². The zero-order valence-electron chi connectivity index (χ0n) is 16.5. The summed E-state index contributed by atoms with van der Waals surface area (Å²) in [6, 6.07) is 14.1. The van der Waals surface area contributed by atoms with Gasteiger partial charge < -0.3 is 10.1 Å². The molecule has 0 radical (unpaired) electrons. The maximum atomic E-state index is 12.4. The molecule has 8 heteroatoms. The van der Waals surface area contributed by atoms with Gasteiger partial charge in [0.25, 0.3) is 0 Å². The molecule has 0 atom stereocenters. The van der Waals surface area contributed by atoms with E-state index in [0.29, 0.717) is 17.1 Å². The minimum absolute atomic E-state index is 0.145. The molecule has 29 heavy (non-hydrogen) atoms. The van der Waals surface area contributed by atoms with Crippen LogP contribution in [0.1, 0.15) is 16.7 Å². The first-order valence-electron chi connectivity index (χ1n) is 9.04. The number of fused-ring (bicyclic) bond motifs is 1. The third kappa shape index (κ3) is 4.65. The highest BCUT2D eigenvalue weighted by Gasteiger charge is 2.14. The van der Waals surface area contributed by atoms with E-state index in [1.165, 1.54) is 19.2 Å². The highest BCUT2D eigenvalue weighted by atomic mass is 32.2. The van der Waals surface area contributed by atoms with Gasteiger partial charge in [-0.3, -0.25) is 0 Å². The number of hydrogen-bond donors (Lipinski definition) is 2. The van der Waals surface area contributed by atoms with Crippen molar-refractivity contribution in [3.8, 4) is 11.8 Å². The Hall–Kier alpha value is -3.15. The molecular formula is C21H22N4O3S. The summed E-state index contributed by atoms with van der Waals surface area (Å²) in [6.07, 6.45) is 0. The topological polar surface area (TPSA) is 104 Å². The lowest BCUT2D eigenvalue weighted by molar-refractivity contribution is 0.414. The number of nitrogens with one attached hydrogen (secondary N) is 2. The molecular weight excluding hydrogens is 388 g/mol. The molecule has 7 nitrogen and oxygen atoms in total. The lowest BCUT2D eigenvalue weighted by Crippen LogP contribution is -2.29. The standard InChI is InChI=1S/C21H22N4O3S/c1-14-10-15(2)19-12-16(13-22)21(25-20(19)11-14)23-8-9-24-29(26,27)18-6-4-17(28-3)5-7-18/h4-7,10-12,24H,8-9H2,1-3H3,(H,23,25). The summed E-state index contributed by atoms with van der Waals surface area (Å²) in [6.45, 7) is 4.41. The average molecular weight is 410 g/mol. The van der Waals surface area contributed by atoms with Crippen molar-refractivity contribution in [2.45, 2.75) is 18.7 Å². The minimum atomic E-state index is -3.63. The first-order valence-corrected chi connectivity index (χ1v) is 10.5. The maximum absolute atomic E-state index is 12.4. The van der Waals surface area contributed by atoms with Crippen LogP contribution in [0, 0.1) is 25.2 Å². The normalized spacial score (nSPS) is 11.2. The number of aromatic nitrogens is 1. The largest absolute Gasteiger partial charge is 0.497 e. The fourth-order valence-corrected chi connectivity index (χ4v) is 4.09. The quantitative estimate of drug-likeness (QED) is 0.580. The summed E-state index contributed by atoms with van der Waals surface area (Å²) in [4.78, 5) is 4.71. The molecule has 0 unspecified atom stereocenters. The van der Waals surface area contributed by atoms with Crippen LogP contribution in [0.4, 0.5) is 5.82 Å². The highest BCUT2D eigenvalue weighted by molar-refractivity contribution is 7.89. The Morgan fingerprint density at radius 2 is 1.83 bits per heavy atom. The van der Waals surface area contributed by atoms with Gasteiger partial charge in [-0.05, 0) is 61.4 Å². The molecule has 2 aromatic carbocycles. The number of nitrogens with zero attached hydrogens (tertiary/aromatic N) is 2. The van der Waals surface area contributed by atoms with Crippen molar-refractivity contribution in [2.24, 2.45) is 0 Å². The van der Waals surface area contributed by atoms with E-state index >= 15 is 0 Å². The predicted molar refractivity (Wildman–Crippen MR) is 113 cm³/mol. The van der Waals surface area contributed by atoms with E-state index in [0.717, 1.165) is 22.0 Å². The fraction of sp³-hybridized carbons (Fsp3) is 0.238. The molecule has 0 saturated heterocycles. The third-order valence-corrected chi connectivity index (χ3v) is 5.96. The smallest absolute Gasteiger partial charge is 0.240 e. The Labute approximate surface area is 170 Å². The molecule has 0 saturated carbocycles. The second kappa shape index (κ2) is 8.47. The number of pyridine rings is 1. The second-order valence-electron chi connectivity index (χ2n) is 6.64. The Morgan fingerprint density at radius 1 is 1.10 bits per heavy atom. The molecule has 0 amide bonds. The summed E-state index contributed by atoms with van der Waals surface area (Å²) in [5.41, 5.74) is 3.36. The SMILES string of the molecule is COc1ccc(S(=O)(=O)NCCNc2nc3cc(C)cc(C)c3cc2C#N)cc1. The van der Waals surface area contributed by atoms with Crippen LogP contribution < -0.4 is 14.8 Å². The first kappa shape index (κ1) is 20.6. The van der Waals surface area contributed by atoms with Crippen LogP contribution in [0.2, 0.25) is 0 Å². The van der Waals surface area contributed by atoms with E-state index in [4.69, 9.17) is 4.74 Å². The Kier molecular flexibility index (Phi) is 6.01. The van der Waals surface area contributed by atoms with Gasteiger partial charge in [-0.15, -0.1) is 0 Å². The van der Waals surface area contributed by atoms with E-state index in [9.17, 15) is 13.7 Å². The van der Waals surface area contributed by atoms with Crippen LogP contribution in [-0.2, 0) is 10.0 Å². The van der Waals surface area contributed by atoms with Crippen LogP contribution in [0.5, 0.6) is 5.75 Å². The van der Waals surface area contributed by atoms with E-state index < -0.39 is 10.0 Å². The molecule has 0 aliphatic rings. The molecule has 0 aliphatic carbocycles. The van der Waals surface area contributed by atoms with Crippen LogP contribution in [0.15, 0.2) is 47.4 Å². The molecule has 1 aromatic heterocycles. The van der Waals surface area contributed by atoms with Gasteiger partial charge in [0.05, 0.1) is 23.1 Å². The zero-order chi connectivity index (χ0) is 21.0. The minimum Gasteiger partial charge on any atom is -0.497 e. The average Bonchev–Trinajstić information content (AvgIpc) is 2.70. The second-order valence-corrected chi connectivity index (χ2v) is 8.41. The van der Waals surface area contributed by atoms with Gasteiger partial charge in [0.15, 0.2) is 0 Å². The molecule has 2 N–H and O–H groups in total. The van der Waals surface area contributed by atoms with E-state index in [1.807, 2.05) is 26.0 Å². The predicted octanol–water partition coefficient (Wildman–Crippen LogP) is 3.12. The van der Waals surface area contributed by atoms with Gasteiger partial charge in [-0.2, -0.15) is 5.26 Å². The summed E-state index contributed by atoms with van der Waals surface area (Å²) in [5, 5.41) is 13.4. The fourth-order valence-electron chi connectivity index (χ4n) is 3.05. The van der Waals surface area contributed by atoms with Crippen LogP contribution in [0.3, 0.4) is 0 Å². The monoisotopic (exact) mass is 410 g/mol. The van der Waals surface area contributed by atoms with Crippen molar-refractivity contribution in [1.82, 2.24) is 9.71 Å². The molecule has 0 fully saturated rings. The van der Waals surface area contributed by atoms with Crippen LogP contribution in [-0.4, -0.2) is 33.6 Å². The summed E-state index contributed by atoms with van der Waals surface area (Å²) < 4.78 is 32.3. The zero-order valence-corrected chi connectivity index (χ0v) is 17.3. The maximum Gasteiger partial charge on any atom is 0.240 e. The lowest BCUT2D eigenvalue weighted by atomic mass is 10.0. The molecule has 0 aliphatic heterocycles. The van der Waals surface area contributed by atoms with E-state index in [-0.39, 0.29) is 18.0 Å². The lowest BCUT2D eigenvalue weighted by Gasteiger charge is -2.12. The number of nitriles is 1. The Bertz CT molecular complexity index is 1180. The van der Waals surface area contributed by atoms with Gasteiger partial charge in [-0.25, -0.2) is 18.1 Å². The van der Waals surface area contributed by atoms with Crippen molar-refractivity contribution in [1.29, 1.82) is 5.26 Å². The summed E-state index contributed by atoms with van der Waals surface area (Å²) >= 11 is 0. The molecule has 1 heterocycles. The number of hydrogen-bond acceptors (Lipinski definition) is 6. The molecule has 150 valence electrons. The number of methoxy groups -OCH3 is 1. The summed E-state index contributed by atoms with van der Waals surface area (Å²) in [5.74, 6) is 1.02. The summed E-state index contributed by atoms with van der Waals surface area (Å²) in [7, 11) is -2.11. The highest BCUT2D eigenvalue weighted by Crippen LogP contribution is 2.24. The molecule has 3 aromatic rings. The van der Waals surface area contributed by atoms with Crippen molar-refractivity contribution < 1.29 is 13.2 Å². The van der Waals surface area contributed by atoms with E-state index in [1.54, 1.807) is 18.2 Å². The van der Waals surface area contributed by atoms with Gasteiger partial charge in [0.1, 0.15) is 17.6 Å². The number of sulfonamides is 1. The van der Waals surface area contributed by atoms with Gasteiger partial charge >= 0.3 is 0 Å². The number of ether oxygens (including phenoxy) is 1. The van der Waals surface area contributed by atoms with Crippen LogP contribution in [0.25, 0.3) is 10.9 Å². The number of aryl methyl sites for hydroxylation is 2.